The molecule has 0 saturated carbocycles. The summed E-state index contributed by atoms with van der Waals surface area (Å²) in [5.74, 6) is 1.11. The van der Waals surface area contributed by atoms with E-state index in [1.165, 1.54) is 11.8 Å². The molecule has 0 fully saturated rings. The second-order valence-corrected chi connectivity index (χ2v) is 10.3. The first-order valence-electron chi connectivity index (χ1n) is 10.3. The lowest BCUT2D eigenvalue weighted by Crippen LogP contribution is -2.52. The number of halogens is 2. The average molecular weight is 497 g/mol. The third-order valence-corrected chi connectivity index (χ3v) is 6.36. The largest absolute Gasteiger partial charge is 0.497 e. The second-order valence-electron chi connectivity index (χ2n) is 8.48. The van der Waals surface area contributed by atoms with Crippen LogP contribution < -0.4 is 10.1 Å². The number of rotatable bonds is 9. The van der Waals surface area contributed by atoms with Crippen LogP contribution in [-0.2, 0) is 21.9 Å². The Morgan fingerprint density at radius 1 is 1.09 bits per heavy atom. The van der Waals surface area contributed by atoms with Gasteiger partial charge in [0, 0.05) is 27.9 Å². The molecule has 1 unspecified atom stereocenters. The zero-order chi connectivity index (χ0) is 23.9. The van der Waals surface area contributed by atoms with Crippen molar-refractivity contribution in [2.24, 2.45) is 0 Å². The predicted octanol–water partition coefficient (Wildman–Crippen LogP) is 5.57. The maximum Gasteiger partial charge on any atom is 0.242 e. The molecule has 2 aromatic rings. The van der Waals surface area contributed by atoms with Gasteiger partial charge in [-0.1, -0.05) is 41.4 Å². The molecule has 1 atom stereocenters. The molecule has 0 heterocycles. The third kappa shape index (κ3) is 7.91. The van der Waals surface area contributed by atoms with Gasteiger partial charge in [-0.2, -0.15) is 0 Å². The monoisotopic (exact) mass is 496 g/mol. The van der Waals surface area contributed by atoms with Gasteiger partial charge in [0.05, 0.1) is 12.9 Å². The van der Waals surface area contributed by atoms with Crippen molar-refractivity contribution in [3.63, 3.8) is 0 Å². The van der Waals surface area contributed by atoms with Gasteiger partial charge in [0.25, 0.3) is 0 Å². The van der Waals surface area contributed by atoms with Crippen LogP contribution in [0.15, 0.2) is 42.5 Å². The molecule has 0 aliphatic rings. The number of methoxy groups -OCH3 is 1. The fourth-order valence-corrected chi connectivity index (χ4v) is 4.63. The average Bonchev–Trinajstić information content (AvgIpc) is 2.72. The van der Waals surface area contributed by atoms with E-state index in [1.54, 1.807) is 37.1 Å². The molecule has 0 spiro atoms. The Kier molecular flexibility index (Phi) is 9.74. The summed E-state index contributed by atoms with van der Waals surface area (Å²) in [6.45, 7) is 7.80. The van der Waals surface area contributed by atoms with Gasteiger partial charge in [-0.15, -0.1) is 11.8 Å². The summed E-state index contributed by atoms with van der Waals surface area (Å²) in [6, 6.07) is 12.2. The molecular weight excluding hydrogens is 467 g/mol. The van der Waals surface area contributed by atoms with Gasteiger partial charge in [-0.05, 0) is 63.1 Å². The molecule has 0 bridgehead atoms. The smallest absolute Gasteiger partial charge is 0.242 e. The summed E-state index contributed by atoms with van der Waals surface area (Å²) in [5.41, 5.74) is 1.32. The Morgan fingerprint density at radius 2 is 1.69 bits per heavy atom. The number of carbonyl (C=O) groups is 2. The topological polar surface area (TPSA) is 58.6 Å². The molecule has 174 valence electrons. The molecule has 0 saturated heterocycles. The van der Waals surface area contributed by atoms with E-state index in [0.29, 0.717) is 22.3 Å². The lowest BCUT2D eigenvalue weighted by molar-refractivity contribution is -0.139. The van der Waals surface area contributed by atoms with Crippen LogP contribution in [0.4, 0.5) is 0 Å². The van der Waals surface area contributed by atoms with Crippen LogP contribution in [0.3, 0.4) is 0 Å². The molecule has 32 heavy (non-hydrogen) atoms. The Balaban J connectivity index is 2.14. The minimum atomic E-state index is -0.631. The highest BCUT2D eigenvalue weighted by Gasteiger charge is 2.28. The molecule has 0 radical (unpaired) electrons. The van der Waals surface area contributed by atoms with Gasteiger partial charge in [-0.3, -0.25) is 9.59 Å². The minimum absolute atomic E-state index is 0.134. The zero-order valence-electron chi connectivity index (χ0n) is 19.1. The van der Waals surface area contributed by atoms with Crippen molar-refractivity contribution in [1.29, 1.82) is 0 Å². The number of benzene rings is 2. The van der Waals surface area contributed by atoms with Crippen LogP contribution in [0.5, 0.6) is 5.75 Å². The normalized spacial score (nSPS) is 12.2. The second kappa shape index (κ2) is 11.8. The van der Waals surface area contributed by atoms with E-state index in [2.05, 4.69) is 5.32 Å². The van der Waals surface area contributed by atoms with Crippen LogP contribution in [-0.4, -0.2) is 41.2 Å². The molecule has 0 aliphatic heterocycles. The van der Waals surface area contributed by atoms with Gasteiger partial charge in [-0.25, -0.2) is 0 Å². The summed E-state index contributed by atoms with van der Waals surface area (Å²) < 4.78 is 5.21. The fourth-order valence-electron chi connectivity index (χ4n) is 2.98. The SMILES string of the molecule is COc1ccc(CN(C(=O)CSCc2c(Cl)cccc2Cl)C(C)C(=O)NC(C)(C)C)cc1. The molecule has 1 N–H and O–H groups in total. The Hall–Kier alpha value is -1.89. The number of thioether (sulfide) groups is 1. The summed E-state index contributed by atoms with van der Waals surface area (Å²) >= 11 is 13.9. The molecule has 0 aliphatic carbocycles. The van der Waals surface area contributed by atoms with Crippen molar-refractivity contribution < 1.29 is 14.3 Å². The van der Waals surface area contributed by atoms with Crippen LogP contribution in [0.25, 0.3) is 0 Å². The highest BCUT2D eigenvalue weighted by atomic mass is 35.5. The number of hydrogen-bond acceptors (Lipinski definition) is 4. The van der Waals surface area contributed by atoms with Crippen LogP contribution in [0, 0.1) is 0 Å². The van der Waals surface area contributed by atoms with E-state index in [4.69, 9.17) is 27.9 Å². The van der Waals surface area contributed by atoms with Crippen LogP contribution >= 0.6 is 35.0 Å². The number of nitrogens with one attached hydrogen (secondary N) is 1. The third-order valence-electron chi connectivity index (χ3n) is 4.71. The lowest BCUT2D eigenvalue weighted by Gasteiger charge is -2.31. The van der Waals surface area contributed by atoms with Gasteiger partial charge >= 0.3 is 0 Å². The van der Waals surface area contributed by atoms with Crippen LogP contribution in [0.1, 0.15) is 38.8 Å². The lowest BCUT2D eigenvalue weighted by atomic mass is 10.1. The number of amides is 2. The highest BCUT2D eigenvalue weighted by Crippen LogP contribution is 2.28. The summed E-state index contributed by atoms with van der Waals surface area (Å²) in [7, 11) is 1.60. The molecular formula is C24H30Cl2N2O3S. The summed E-state index contributed by atoms with van der Waals surface area (Å²) in [5, 5.41) is 4.11. The van der Waals surface area contributed by atoms with Crippen molar-refractivity contribution in [2.45, 2.75) is 51.6 Å². The van der Waals surface area contributed by atoms with E-state index in [0.717, 1.165) is 16.9 Å². The Labute approximate surface area is 204 Å². The number of carbonyl (C=O) groups excluding carboxylic acids is 2. The quantitative estimate of drug-likeness (QED) is 0.492. The van der Waals surface area contributed by atoms with Crippen molar-refractivity contribution in [2.75, 3.05) is 12.9 Å². The molecule has 2 amide bonds. The Bertz CT molecular complexity index is 910. The zero-order valence-corrected chi connectivity index (χ0v) is 21.4. The van der Waals surface area contributed by atoms with Gasteiger partial charge in [0.1, 0.15) is 11.8 Å². The van der Waals surface area contributed by atoms with E-state index < -0.39 is 11.6 Å². The van der Waals surface area contributed by atoms with E-state index in [9.17, 15) is 9.59 Å². The molecule has 2 rings (SSSR count). The first kappa shape index (κ1) is 26.4. The van der Waals surface area contributed by atoms with Crippen LogP contribution in [0.2, 0.25) is 10.0 Å². The van der Waals surface area contributed by atoms with E-state index in [1.807, 2.05) is 45.0 Å². The molecule has 0 aromatic heterocycles. The highest BCUT2D eigenvalue weighted by molar-refractivity contribution is 7.99. The summed E-state index contributed by atoms with van der Waals surface area (Å²) in [4.78, 5) is 27.6. The molecule has 8 heteroatoms. The maximum absolute atomic E-state index is 13.2. The van der Waals surface area contributed by atoms with Crippen molar-refractivity contribution >= 4 is 46.8 Å². The minimum Gasteiger partial charge on any atom is -0.497 e. The predicted molar refractivity (Wildman–Crippen MR) is 134 cm³/mol. The first-order chi connectivity index (χ1) is 15.0. The van der Waals surface area contributed by atoms with Crippen molar-refractivity contribution in [1.82, 2.24) is 10.2 Å². The van der Waals surface area contributed by atoms with Crippen molar-refractivity contribution in [3.05, 3.63) is 63.6 Å². The number of hydrogen-bond donors (Lipinski definition) is 1. The fraction of sp³-hybridized carbons (Fsp3) is 0.417. The molecule has 5 nitrogen and oxygen atoms in total. The van der Waals surface area contributed by atoms with Crippen molar-refractivity contribution in [3.8, 4) is 5.75 Å². The van der Waals surface area contributed by atoms with E-state index >= 15 is 0 Å². The Morgan fingerprint density at radius 3 is 2.22 bits per heavy atom. The summed E-state index contributed by atoms with van der Waals surface area (Å²) in [6.07, 6.45) is 0. The van der Waals surface area contributed by atoms with Gasteiger partial charge in [0.15, 0.2) is 0 Å². The van der Waals surface area contributed by atoms with Gasteiger partial charge < -0.3 is 15.0 Å². The van der Waals surface area contributed by atoms with E-state index in [-0.39, 0.29) is 17.6 Å². The van der Waals surface area contributed by atoms with Gasteiger partial charge in [0.2, 0.25) is 11.8 Å². The standard InChI is InChI=1S/C24H30Cl2N2O3S/c1-16(23(30)27-24(2,3)4)28(13-17-9-11-18(31-5)12-10-17)22(29)15-32-14-19-20(25)7-6-8-21(19)26/h6-12,16H,13-15H2,1-5H3,(H,27,30). The maximum atomic E-state index is 13.2. The first-order valence-corrected chi connectivity index (χ1v) is 12.2. The molecule has 2 aromatic carbocycles. The number of ether oxygens (including phenoxy) is 1. The number of nitrogens with zero attached hydrogens (tertiary/aromatic N) is 1.